The van der Waals surface area contributed by atoms with Gasteiger partial charge < -0.3 is 11.5 Å². The minimum Gasteiger partial charge on any atom is -0.384 e. The monoisotopic (exact) mass is 509 g/mol. The molecule has 3 aliphatic rings. The number of carbonyl (C=O) groups excluding carboxylic acids is 1. The van der Waals surface area contributed by atoms with E-state index in [1.54, 1.807) is 0 Å². The largest absolute Gasteiger partial charge is 0.384 e. The second kappa shape index (κ2) is 9.83. The van der Waals surface area contributed by atoms with Crippen molar-refractivity contribution in [3.05, 3.63) is 83.4 Å². The summed E-state index contributed by atoms with van der Waals surface area (Å²) >= 11 is 0. The molecule has 1 amide bonds. The Hall–Kier alpha value is -3.78. The van der Waals surface area contributed by atoms with Crippen LogP contribution in [0.2, 0.25) is 0 Å². The van der Waals surface area contributed by atoms with Crippen LogP contribution in [0.15, 0.2) is 66.7 Å². The Morgan fingerprint density at radius 2 is 1.63 bits per heavy atom. The summed E-state index contributed by atoms with van der Waals surface area (Å²) in [6, 6.07) is 23.3. The molecule has 0 radical (unpaired) electrons. The highest BCUT2D eigenvalue weighted by atomic mass is 16.1. The number of carbonyl (C=O) groups is 1. The van der Waals surface area contributed by atoms with Gasteiger partial charge in [0.1, 0.15) is 11.3 Å². The van der Waals surface area contributed by atoms with Gasteiger partial charge >= 0.3 is 0 Å². The van der Waals surface area contributed by atoms with Crippen molar-refractivity contribution in [3.63, 3.8) is 0 Å². The minimum atomic E-state index is -0.270. The smallest absolute Gasteiger partial charge is 0.231 e. The van der Waals surface area contributed by atoms with Gasteiger partial charge in [0.05, 0.1) is 6.54 Å². The van der Waals surface area contributed by atoms with Gasteiger partial charge in [-0.1, -0.05) is 65.9 Å². The van der Waals surface area contributed by atoms with Crippen LogP contribution in [0.5, 0.6) is 0 Å². The number of hydrogen-bond donors (Lipinski definition) is 3. The van der Waals surface area contributed by atoms with Gasteiger partial charge in [-0.3, -0.25) is 9.69 Å². The van der Waals surface area contributed by atoms with Crippen LogP contribution in [-0.4, -0.2) is 49.8 Å². The molecule has 1 atom stereocenters. The molecule has 2 aromatic heterocycles. The third kappa shape index (κ3) is 4.43. The van der Waals surface area contributed by atoms with Gasteiger partial charge in [0, 0.05) is 18.0 Å². The van der Waals surface area contributed by atoms with Gasteiger partial charge in [-0.2, -0.15) is 0 Å². The Kier molecular flexibility index (Phi) is 6.35. The van der Waals surface area contributed by atoms with Gasteiger partial charge in [-0.25, -0.2) is 10.1 Å². The number of nitrogens with zero attached hydrogens (tertiary/aromatic N) is 4. The number of fused-ring (bicyclic) bond motifs is 4. The average molecular weight is 510 g/mol. The number of nitrogens with one attached hydrogen (secondary N) is 1. The number of aromatic amines is 1. The van der Waals surface area contributed by atoms with Crippen molar-refractivity contribution in [2.75, 3.05) is 18.8 Å². The SMILES string of the molecule is NC(=O)CN(CC[C@H](c1ccccc1)c1cc(N)nc2[nH]nnc12)C12CCC(c3ccccc3)(CC1)CC2. The second-order valence-electron chi connectivity index (χ2n) is 11.2. The van der Waals surface area contributed by atoms with Crippen molar-refractivity contribution >= 4 is 22.9 Å². The number of primary amides is 1. The maximum Gasteiger partial charge on any atom is 0.231 e. The molecule has 7 rings (SSSR count). The Morgan fingerprint density at radius 1 is 0.974 bits per heavy atom. The molecular formula is C30H35N7O. The highest BCUT2D eigenvalue weighted by Crippen LogP contribution is 2.55. The predicted octanol–water partition coefficient (Wildman–Crippen LogP) is 4.29. The first-order valence-electron chi connectivity index (χ1n) is 13.6. The van der Waals surface area contributed by atoms with Gasteiger partial charge in [0.15, 0.2) is 5.65 Å². The van der Waals surface area contributed by atoms with E-state index in [1.807, 2.05) is 12.1 Å². The van der Waals surface area contributed by atoms with E-state index < -0.39 is 0 Å². The van der Waals surface area contributed by atoms with Crippen LogP contribution < -0.4 is 11.5 Å². The van der Waals surface area contributed by atoms with E-state index >= 15 is 0 Å². The van der Waals surface area contributed by atoms with E-state index in [9.17, 15) is 4.79 Å². The van der Waals surface area contributed by atoms with E-state index in [-0.39, 0.29) is 29.3 Å². The average Bonchev–Trinajstić information content (AvgIpc) is 3.43. The normalized spacial score (nSPS) is 23.6. The topological polar surface area (TPSA) is 127 Å². The molecule has 0 aliphatic heterocycles. The number of rotatable bonds is 9. The molecule has 38 heavy (non-hydrogen) atoms. The van der Waals surface area contributed by atoms with Crippen LogP contribution >= 0.6 is 0 Å². The predicted molar refractivity (Wildman–Crippen MR) is 148 cm³/mol. The van der Waals surface area contributed by atoms with Crippen LogP contribution in [0, 0.1) is 0 Å². The van der Waals surface area contributed by atoms with Crippen molar-refractivity contribution in [1.29, 1.82) is 0 Å². The molecule has 196 valence electrons. The number of nitrogens with two attached hydrogens (primary N) is 2. The van der Waals surface area contributed by atoms with Crippen molar-refractivity contribution in [3.8, 4) is 0 Å². The summed E-state index contributed by atoms with van der Waals surface area (Å²) in [5.74, 6) is 0.188. The first-order chi connectivity index (χ1) is 18.5. The molecule has 4 aromatic rings. The summed E-state index contributed by atoms with van der Waals surface area (Å²) in [7, 11) is 0. The molecule has 2 aromatic carbocycles. The fraction of sp³-hybridized carbons (Fsp3) is 0.400. The summed E-state index contributed by atoms with van der Waals surface area (Å²) < 4.78 is 0. The van der Waals surface area contributed by atoms with E-state index in [1.165, 1.54) is 11.1 Å². The summed E-state index contributed by atoms with van der Waals surface area (Å²) in [5.41, 5.74) is 17.2. The summed E-state index contributed by atoms with van der Waals surface area (Å²) in [5, 5.41) is 11.2. The van der Waals surface area contributed by atoms with Gasteiger partial charge in [-0.15, -0.1) is 5.10 Å². The summed E-state index contributed by atoms with van der Waals surface area (Å²) in [4.78, 5) is 19.1. The number of nitrogen functional groups attached to an aromatic ring is 1. The number of benzene rings is 2. The standard InChI is InChI=1S/C30H35N7O/c31-25-19-24(27-28(33-25)35-36-34-27)23(21-7-3-1-4-8-21)11-18-37(20-26(32)38)30-15-12-29(13-16-30,14-17-30)22-9-5-2-6-10-22/h1-10,19,23H,11-18,20H2,(H2,32,38)(H3,31,33,34,35,36)/t23-,29?,30?/m1/s1. The molecule has 3 saturated carbocycles. The summed E-state index contributed by atoms with van der Waals surface area (Å²) in [6.45, 7) is 1.03. The third-order valence-electron chi connectivity index (χ3n) is 9.22. The molecule has 5 N–H and O–H groups in total. The lowest BCUT2D eigenvalue weighted by molar-refractivity contribution is -0.123. The zero-order valence-electron chi connectivity index (χ0n) is 21.6. The van der Waals surface area contributed by atoms with Crippen molar-refractivity contribution < 1.29 is 4.79 Å². The first-order valence-corrected chi connectivity index (χ1v) is 13.6. The number of aromatic nitrogens is 4. The Balaban J connectivity index is 1.29. The molecule has 2 heterocycles. The lowest BCUT2D eigenvalue weighted by atomic mass is 9.54. The number of H-pyrrole nitrogens is 1. The number of amides is 1. The molecule has 0 spiro atoms. The van der Waals surface area contributed by atoms with E-state index in [0.717, 1.165) is 62.6 Å². The quantitative estimate of drug-likeness (QED) is 0.309. The fourth-order valence-corrected chi connectivity index (χ4v) is 7.16. The molecule has 3 fully saturated rings. The van der Waals surface area contributed by atoms with Crippen LogP contribution in [0.1, 0.15) is 67.6 Å². The van der Waals surface area contributed by atoms with E-state index in [2.05, 4.69) is 79.9 Å². The maximum atomic E-state index is 12.3. The van der Waals surface area contributed by atoms with Crippen molar-refractivity contribution in [2.45, 2.75) is 61.8 Å². The fourth-order valence-electron chi connectivity index (χ4n) is 7.16. The lowest BCUT2D eigenvalue weighted by Gasteiger charge is -2.58. The summed E-state index contributed by atoms with van der Waals surface area (Å²) in [6.07, 6.45) is 7.50. The van der Waals surface area contributed by atoms with E-state index in [0.29, 0.717) is 11.5 Å². The van der Waals surface area contributed by atoms with Crippen LogP contribution in [0.3, 0.4) is 0 Å². The Labute approximate surface area is 222 Å². The molecule has 8 heteroatoms. The molecule has 3 aliphatic carbocycles. The molecule has 0 unspecified atom stereocenters. The third-order valence-corrected chi connectivity index (χ3v) is 9.22. The molecule has 8 nitrogen and oxygen atoms in total. The minimum absolute atomic E-state index is 0.00722. The van der Waals surface area contributed by atoms with E-state index in [4.69, 9.17) is 11.5 Å². The van der Waals surface area contributed by atoms with Crippen LogP contribution in [0.4, 0.5) is 5.82 Å². The lowest BCUT2D eigenvalue weighted by Crippen LogP contribution is -2.59. The van der Waals surface area contributed by atoms with Crippen molar-refractivity contribution in [2.24, 2.45) is 5.73 Å². The molecule has 0 saturated heterocycles. The highest BCUT2D eigenvalue weighted by molar-refractivity contribution is 5.77. The molecular weight excluding hydrogens is 474 g/mol. The number of hydrogen-bond acceptors (Lipinski definition) is 6. The van der Waals surface area contributed by atoms with Gasteiger partial charge in [0.2, 0.25) is 5.91 Å². The second-order valence-corrected chi connectivity index (χ2v) is 11.2. The van der Waals surface area contributed by atoms with Crippen LogP contribution in [0.25, 0.3) is 11.2 Å². The highest BCUT2D eigenvalue weighted by Gasteiger charge is 2.51. The van der Waals surface area contributed by atoms with Crippen molar-refractivity contribution in [1.82, 2.24) is 25.3 Å². The molecule has 2 bridgehead atoms. The van der Waals surface area contributed by atoms with Crippen LogP contribution in [-0.2, 0) is 10.2 Å². The Morgan fingerprint density at radius 3 is 2.29 bits per heavy atom. The first kappa shape index (κ1) is 24.6. The zero-order chi connectivity index (χ0) is 26.2. The van der Waals surface area contributed by atoms with Gasteiger partial charge in [-0.05, 0) is 73.1 Å². The van der Waals surface area contributed by atoms with Gasteiger partial charge in [0.25, 0.3) is 0 Å². The maximum absolute atomic E-state index is 12.3. The Bertz CT molecular complexity index is 1390. The zero-order valence-corrected chi connectivity index (χ0v) is 21.6. The number of pyridine rings is 1. The number of anilines is 1.